The van der Waals surface area contributed by atoms with E-state index in [-0.39, 0.29) is 0 Å². The van der Waals surface area contributed by atoms with Crippen LogP contribution in [-0.4, -0.2) is 13.7 Å². The fraction of sp³-hybridized carbons (Fsp3) is 1.00. The SMILES string of the molecule is [2H][N-]CNC. The minimum absolute atomic E-state index is 0.431. The van der Waals surface area contributed by atoms with Crippen molar-refractivity contribution >= 4 is 0 Å². The third kappa shape index (κ3) is 1.92. The first-order valence-electron chi connectivity index (χ1n) is 1.62. The molecule has 0 radical (unpaired) electrons. The van der Waals surface area contributed by atoms with Gasteiger partial charge in [-0.2, -0.15) is 1.41 Å². The minimum atomic E-state index is 0.431. The Morgan fingerprint density at radius 1 is 2.50 bits per heavy atom. The summed E-state index contributed by atoms with van der Waals surface area (Å²) in [4.78, 5) is 0. The van der Waals surface area contributed by atoms with E-state index in [1.807, 2.05) is 0 Å². The highest BCUT2D eigenvalue weighted by Crippen LogP contribution is 1.39. The van der Waals surface area contributed by atoms with Crippen LogP contribution in [0, 0.1) is 0 Å². The summed E-state index contributed by atoms with van der Waals surface area (Å²) in [5, 5.41) is 2.66. The first-order chi connectivity index (χ1) is 2.41. The third-order valence-electron chi connectivity index (χ3n) is 0.158. The van der Waals surface area contributed by atoms with Crippen molar-refractivity contribution in [3.63, 3.8) is 0 Å². The first kappa shape index (κ1) is 2.18. The molecule has 0 aliphatic carbocycles. The quantitative estimate of drug-likeness (QED) is 0.486. The fourth-order valence-corrected chi connectivity index (χ4v) is 0. The Morgan fingerprint density at radius 2 is 3.25 bits per heavy atom. The summed E-state index contributed by atoms with van der Waals surface area (Å²) in [5.74, 6) is 0. The maximum absolute atomic E-state index is 6.17. The van der Waals surface area contributed by atoms with Gasteiger partial charge < -0.3 is 11.0 Å². The highest BCUT2D eigenvalue weighted by molar-refractivity contribution is 4.37. The maximum atomic E-state index is 6.17. The van der Waals surface area contributed by atoms with Gasteiger partial charge in [0.15, 0.2) is 0 Å². The zero-order valence-electron chi connectivity index (χ0n) is 3.65. The number of hydrogen-bond acceptors (Lipinski definition) is 1. The molecule has 4 heavy (non-hydrogen) atoms. The van der Waals surface area contributed by atoms with Crippen molar-refractivity contribution < 1.29 is 1.41 Å². The molecule has 0 fully saturated rings. The largest absolute Gasteiger partial charge is 0.665 e. The van der Waals surface area contributed by atoms with E-state index in [4.69, 9.17) is 1.41 Å². The molecule has 0 atom stereocenters. The molecule has 0 bridgehead atoms. The summed E-state index contributed by atoms with van der Waals surface area (Å²) in [6, 6.07) is 0. The molecule has 0 heterocycles. The van der Waals surface area contributed by atoms with Crippen LogP contribution < -0.4 is 5.32 Å². The van der Waals surface area contributed by atoms with Gasteiger partial charge >= 0.3 is 0 Å². The predicted molar refractivity (Wildman–Crippen MR) is 18.2 cm³/mol. The van der Waals surface area contributed by atoms with Crippen LogP contribution in [0.2, 0.25) is 1.41 Å². The minimum Gasteiger partial charge on any atom is -0.665 e. The molecule has 26 valence electrons. The van der Waals surface area contributed by atoms with Gasteiger partial charge in [-0.15, -0.1) is 6.67 Å². The molecule has 0 aromatic rings. The van der Waals surface area contributed by atoms with Gasteiger partial charge in [0.1, 0.15) is 0 Å². The van der Waals surface area contributed by atoms with Crippen LogP contribution in [0.4, 0.5) is 0 Å². The molecule has 0 saturated heterocycles. The zero-order valence-corrected chi connectivity index (χ0v) is 2.65. The van der Waals surface area contributed by atoms with E-state index in [1.165, 1.54) is 0 Å². The van der Waals surface area contributed by atoms with E-state index in [2.05, 4.69) is 11.0 Å². The second-order valence-electron chi connectivity index (χ2n) is 0.512. The molecule has 0 rings (SSSR count). The van der Waals surface area contributed by atoms with Crippen LogP contribution in [-0.2, 0) is 0 Å². The Labute approximate surface area is 27.5 Å². The van der Waals surface area contributed by atoms with E-state index < -0.39 is 0 Å². The van der Waals surface area contributed by atoms with Crippen molar-refractivity contribution in [3.05, 3.63) is 5.73 Å². The van der Waals surface area contributed by atoms with Gasteiger partial charge in [-0.25, -0.2) is 0 Å². The molecule has 0 aliphatic rings. The van der Waals surface area contributed by atoms with Gasteiger partial charge in [0.05, 0.1) is 0 Å². The normalized spacial score (nSPS) is 10.8. The molecule has 0 unspecified atom stereocenters. The van der Waals surface area contributed by atoms with Gasteiger partial charge in [-0.05, 0) is 7.05 Å². The maximum Gasteiger partial charge on any atom is -0.0184 e. The highest BCUT2D eigenvalue weighted by Gasteiger charge is 1.38. The molecule has 0 aromatic heterocycles. The second kappa shape index (κ2) is 2.92. The smallest absolute Gasteiger partial charge is 0.0184 e. The monoisotopic (exact) mass is 60.1 g/mol. The van der Waals surface area contributed by atoms with Gasteiger partial charge in [0, 0.05) is 0 Å². The average molecular weight is 60.1 g/mol. The van der Waals surface area contributed by atoms with Crippen LogP contribution >= 0.6 is 0 Å². The number of hydrogen-bond donors (Lipinski definition) is 1. The lowest BCUT2D eigenvalue weighted by molar-refractivity contribution is 0.923. The Balaban J connectivity index is 2.19. The Morgan fingerprint density at radius 3 is 3.25 bits per heavy atom. The lowest BCUT2D eigenvalue weighted by atomic mass is 11.1. The third-order valence-corrected chi connectivity index (χ3v) is 0.158. The highest BCUT2D eigenvalue weighted by atomic mass is 14.9. The van der Waals surface area contributed by atoms with Crippen molar-refractivity contribution in [2.45, 2.75) is 0 Å². The van der Waals surface area contributed by atoms with Crippen molar-refractivity contribution in [1.29, 1.82) is 0 Å². The fourth-order valence-electron chi connectivity index (χ4n) is 0. The summed E-state index contributed by atoms with van der Waals surface area (Å²) >= 11 is 0. The average Bonchev–Trinajstić information content (AvgIpc) is 1.41. The van der Waals surface area contributed by atoms with Gasteiger partial charge in [-0.1, -0.05) is 0 Å². The van der Waals surface area contributed by atoms with E-state index in [0.717, 1.165) is 0 Å². The van der Waals surface area contributed by atoms with Gasteiger partial charge in [-0.3, -0.25) is 0 Å². The Hall–Kier alpha value is -0.0800. The summed E-state index contributed by atoms with van der Waals surface area (Å²) in [7, 11) is 1.75. The van der Waals surface area contributed by atoms with Crippen LogP contribution in [0.1, 0.15) is 0 Å². The Bertz CT molecular complexity index is 15.1. The number of rotatable bonds is 2. The summed E-state index contributed by atoms with van der Waals surface area (Å²) in [6.45, 7) is 0.431. The van der Waals surface area contributed by atoms with Crippen molar-refractivity contribution in [2.75, 3.05) is 13.7 Å². The van der Waals surface area contributed by atoms with E-state index in [0.29, 0.717) is 6.67 Å². The molecule has 0 saturated carbocycles. The van der Waals surface area contributed by atoms with Crippen LogP contribution in [0.5, 0.6) is 0 Å². The molecule has 0 aromatic carbocycles. The molecular formula is C2H7N2-. The first-order valence-corrected chi connectivity index (χ1v) is 1.17. The second-order valence-corrected chi connectivity index (χ2v) is 0.512. The molecule has 2 N–H and O–H groups in total. The van der Waals surface area contributed by atoms with E-state index in [9.17, 15) is 0 Å². The molecule has 2 heteroatoms. The Kier molecular flexibility index (Phi) is 1.59. The van der Waals surface area contributed by atoms with Crippen molar-refractivity contribution in [1.82, 2.24) is 5.32 Å². The van der Waals surface area contributed by atoms with Crippen LogP contribution in [0.25, 0.3) is 5.73 Å². The van der Waals surface area contributed by atoms with Gasteiger partial charge in [0.2, 0.25) is 0 Å². The molecule has 0 spiro atoms. The lowest BCUT2D eigenvalue weighted by Crippen LogP contribution is -2.00. The van der Waals surface area contributed by atoms with Crippen molar-refractivity contribution in [2.24, 2.45) is 0 Å². The van der Waals surface area contributed by atoms with Crippen LogP contribution in [0.15, 0.2) is 0 Å². The summed E-state index contributed by atoms with van der Waals surface area (Å²) in [6.07, 6.45) is 0. The van der Waals surface area contributed by atoms with E-state index >= 15 is 0 Å². The molecule has 0 aliphatic heterocycles. The molecule has 2 nitrogen and oxygen atoms in total. The molecule has 0 amide bonds. The topological polar surface area (TPSA) is 35.8 Å². The summed E-state index contributed by atoms with van der Waals surface area (Å²) < 4.78 is 6.17. The standard InChI is InChI=1S/C2H7N2/c1-4-2-3/h3-4H,2H2,1H3/q-1/i/hD. The van der Waals surface area contributed by atoms with Gasteiger partial charge in [0.25, 0.3) is 0 Å². The predicted octanol–water partition coefficient (Wildman–Crippen LogP) is 0.215. The number of nitrogens with one attached hydrogen (secondary N) is 2. The van der Waals surface area contributed by atoms with Crippen molar-refractivity contribution in [3.8, 4) is 0 Å². The zero-order chi connectivity index (χ0) is 4.12. The van der Waals surface area contributed by atoms with E-state index in [1.54, 1.807) is 7.05 Å². The van der Waals surface area contributed by atoms with Crippen LogP contribution in [0.3, 0.4) is 0 Å². The lowest BCUT2D eigenvalue weighted by Gasteiger charge is -1.89. The molecular weight excluding hydrogens is 52.0 g/mol. The summed E-state index contributed by atoms with van der Waals surface area (Å²) in [5.41, 5.74) is 2.99.